The van der Waals surface area contributed by atoms with Gasteiger partial charge < -0.3 is 15.6 Å². The van der Waals surface area contributed by atoms with Crippen LogP contribution in [0.25, 0.3) is 0 Å². The van der Waals surface area contributed by atoms with E-state index in [1.54, 1.807) is 19.3 Å². The maximum Gasteiger partial charge on any atom is 0.264 e. The standard InChI is InChI=1S/C12H18BrN3O2/c1-4-7(2)10(14)11(17)15-8-5-9(13)12(18)16(3)6-8/h5-7,10H,4,14H2,1-3H3,(H,15,17). The Morgan fingerprint density at radius 2 is 2.22 bits per heavy atom. The van der Waals surface area contributed by atoms with Crippen LogP contribution in [0.4, 0.5) is 5.69 Å². The number of hydrogen-bond acceptors (Lipinski definition) is 3. The Kier molecular flexibility index (Phi) is 5.10. The number of aromatic nitrogens is 1. The van der Waals surface area contributed by atoms with E-state index in [1.165, 1.54) is 4.57 Å². The third-order valence-electron chi connectivity index (χ3n) is 2.97. The van der Waals surface area contributed by atoms with E-state index >= 15 is 0 Å². The van der Waals surface area contributed by atoms with Crippen molar-refractivity contribution in [2.45, 2.75) is 26.3 Å². The Balaban J connectivity index is 2.86. The van der Waals surface area contributed by atoms with Crippen LogP contribution in [0.3, 0.4) is 0 Å². The van der Waals surface area contributed by atoms with Gasteiger partial charge in [0.25, 0.3) is 5.56 Å². The number of nitrogens with two attached hydrogens (primary N) is 1. The minimum atomic E-state index is -0.550. The van der Waals surface area contributed by atoms with Gasteiger partial charge in [0, 0.05) is 13.2 Å². The molecule has 6 heteroatoms. The van der Waals surface area contributed by atoms with Crippen molar-refractivity contribution in [3.63, 3.8) is 0 Å². The van der Waals surface area contributed by atoms with Crippen LogP contribution in [-0.2, 0) is 11.8 Å². The molecule has 0 bridgehead atoms. The first-order valence-electron chi connectivity index (χ1n) is 5.79. The molecule has 1 amide bonds. The molecule has 0 radical (unpaired) electrons. The van der Waals surface area contributed by atoms with E-state index in [0.717, 1.165) is 6.42 Å². The summed E-state index contributed by atoms with van der Waals surface area (Å²) in [5.41, 5.74) is 6.23. The topological polar surface area (TPSA) is 77.1 Å². The minimum Gasteiger partial charge on any atom is -0.323 e. The normalized spacial score (nSPS) is 14.1. The first kappa shape index (κ1) is 14.9. The van der Waals surface area contributed by atoms with E-state index in [9.17, 15) is 9.59 Å². The second-order valence-electron chi connectivity index (χ2n) is 4.39. The van der Waals surface area contributed by atoms with Crippen LogP contribution in [0.5, 0.6) is 0 Å². The largest absolute Gasteiger partial charge is 0.323 e. The maximum absolute atomic E-state index is 11.9. The van der Waals surface area contributed by atoms with Gasteiger partial charge in [0.05, 0.1) is 16.2 Å². The number of rotatable bonds is 4. The third-order valence-corrected chi connectivity index (χ3v) is 3.54. The minimum absolute atomic E-state index is 0.112. The summed E-state index contributed by atoms with van der Waals surface area (Å²) in [5.74, 6) is -0.129. The lowest BCUT2D eigenvalue weighted by Gasteiger charge is -2.18. The number of aryl methyl sites for hydroxylation is 1. The number of carbonyl (C=O) groups excluding carboxylic acids is 1. The van der Waals surface area contributed by atoms with Crippen molar-refractivity contribution in [3.05, 3.63) is 27.1 Å². The van der Waals surface area contributed by atoms with Crippen LogP contribution < -0.4 is 16.6 Å². The molecule has 100 valence electrons. The first-order chi connectivity index (χ1) is 8.36. The molecular formula is C12H18BrN3O2. The van der Waals surface area contributed by atoms with Gasteiger partial charge in [0.15, 0.2) is 0 Å². The lowest BCUT2D eigenvalue weighted by atomic mass is 9.99. The number of amides is 1. The molecule has 0 aliphatic heterocycles. The molecule has 2 atom stereocenters. The molecule has 2 unspecified atom stereocenters. The summed E-state index contributed by atoms with van der Waals surface area (Å²) in [6.07, 6.45) is 2.40. The predicted molar refractivity (Wildman–Crippen MR) is 75.4 cm³/mol. The average Bonchev–Trinajstić information content (AvgIpc) is 2.33. The Morgan fingerprint density at radius 3 is 2.72 bits per heavy atom. The highest BCUT2D eigenvalue weighted by atomic mass is 79.9. The van der Waals surface area contributed by atoms with Gasteiger partial charge in [0.1, 0.15) is 0 Å². The molecule has 5 nitrogen and oxygen atoms in total. The van der Waals surface area contributed by atoms with Crippen molar-refractivity contribution in [1.29, 1.82) is 0 Å². The average molecular weight is 316 g/mol. The summed E-state index contributed by atoms with van der Waals surface area (Å²) in [5, 5.41) is 2.71. The number of nitrogens with one attached hydrogen (secondary N) is 1. The molecule has 0 aliphatic carbocycles. The van der Waals surface area contributed by atoms with Gasteiger partial charge >= 0.3 is 0 Å². The fraction of sp³-hybridized carbons (Fsp3) is 0.500. The lowest BCUT2D eigenvalue weighted by molar-refractivity contribution is -0.118. The van der Waals surface area contributed by atoms with E-state index in [0.29, 0.717) is 10.2 Å². The van der Waals surface area contributed by atoms with E-state index in [2.05, 4.69) is 21.2 Å². The highest BCUT2D eigenvalue weighted by Gasteiger charge is 2.19. The van der Waals surface area contributed by atoms with Gasteiger partial charge in [-0.2, -0.15) is 0 Å². The van der Waals surface area contributed by atoms with Crippen molar-refractivity contribution in [3.8, 4) is 0 Å². The molecule has 18 heavy (non-hydrogen) atoms. The van der Waals surface area contributed by atoms with Gasteiger partial charge in [0.2, 0.25) is 5.91 Å². The quantitative estimate of drug-likeness (QED) is 0.883. The smallest absolute Gasteiger partial charge is 0.264 e. The van der Waals surface area contributed by atoms with Crippen molar-refractivity contribution < 1.29 is 4.79 Å². The van der Waals surface area contributed by atoms with Crippen LogP contribution in [0.15, 0.2) is 21.5 Å². The summed E-state index contributed by atoms with van der Waals surface area (Å²) in [4.78, 5) is 23.4. The molecule has 0 spiro atoms. The highest BCUT2D eigenvalue weighted by molar-refractivity contribution is 9.10. The number of carbonyl (C=O) groups is 1. The van der Waals surface area contributed by atoms with E-state index in [1.807, 2.05) is 13.8 Å². The van der Waals surface area contributed by atoms with Crippen molar-refractivity contribution in [1.82, 2.24) is 4.57 Å². The molecular weight excluding hydrogens is 298 g/mol. The van der Waals surface area contributed by atoms with Crippen molar-refractivity contribution in [2.24, 2.45) is 18.7 Å². The van der Waals surface area contributed by atoms with E-state index in [4.69, 9.17) is 5.73 Å². The molecule has 1 aromatic heterocycles. The van der Waals surface area contributed by atoms with Crippen LogP contribution >= 0.6 is 15.9 Å². The molecule has 1 aromatic rings. The molecule has 0 saturated carbocycles. The molecule has 3 N–H and O–H groups in total. The Bertz CT molecular complexity index is 472. The molecule has 0 aliphatic rings. The van der Waals surface area contributed by atoms with Crippen molar-refractivity contribution >= 4 is 27.5 Å². The summed E-state index contributed by atoms with van der Waals surface area (Å²) < 4.78 is 1.80. The van der Waals surface area contributed by atoms with Gasteiger partial charge in [-0.3, -0.25) is 9.59 Å². The molecule has 0 aromatic carbocycles. The first-order valence-corrected chi connectivity index (χ1v) is 6.58. The zero-order chi connectivity index (χ0) is 13.9. The number of nitrogens with zero attached hydrogens (tertiary/aromatic N) is 1. The van der Waals surface area contributed by atoms with Crippen LogP contribution in [-0.4, -0.2) is 16.5 Å². The second-order valence-corrected chi connectivity index (χ2v) is 5.25. The van der Waals surface area contributed by atoms with E-state index in [-0.39, 0.29) is 17.4 Å². The zero-order valence-electron chi connectivity index (χ0n) is 10.7. The Morgan fingerprint density at radius 1 is 1.61 bits per heavy atom. The van der Waals surface area contributed by atoms with Crippen LogP contribution in [0.2, 0.25) is 0 Å². The van der Waals surface area contributed by atoms with Gasteiger partial charge in [-0.1, -0.05) is 20.3 Å². The number of hydrogen-bond donors (Lipinski definition) is 2. The molecule has 0 fully saturated rings. The Labute approximate surface area is 114 Å². The van der Waals surface area contributed by atoms with Gasteiger partial charge in [-0.05, 0) is 27.9 Å². The Hall–Kier alpha value is -1.14. The highest BCUT2D eigenvalue weighted by Crippen LogP contribution is 2.13. The molecule has 1 rings (SSSR count). The second kappa shape index (κ2) is 6.15. The molecule has 1 heterocycles. The summed E-state index contributed by atoms with van der Waals surface area (Å²) in [6, 6.07) is 1.02. The van der Waals surface area contributed by atoms with E-state index < -0.39 is 6.04 Å². The van der Waals surface area contributed by atoms with Gasteiger partial charge in [-0.25, -0.2) is 0 Å². The SMILES string of the molecule is CCC(C)C(N)C(=O)Nc1cc(Br)c(=O)n(C)c1. The maximum atomic E-state index is 11.9. The number of anilines is 1. The van der Waals surface area contributed by atoms with Crippen LogP contribution in [0, 0.1) is 5.92 Å². The van der Waals surface area contributed by atoms with Crippen molar-refractivity contribution in [2.75, 3.05) is 5.32 Å². The zero-order valence-corrected chi connectivity index (χ0v) is 12.3. The summed E-state index contributed by atoms with van der Waals surface area (Å²) >= 11 is 3.15. The molecule has 0 saturated heterocycles. The summed E-state index contributed by atoms with van der Waals surface area (Å²) in [7, 11) is 1.62. The fourth-order valence-electron chi connectivity index (χ4n) is 1.48. The van der Waals surface area contributed by atoms with Gasteiger partial charge in [-0.15, -0.1) is 0 Å². The monoisotopic (exact) mass is 315 g/mol. The third kappa shape index (κ3) is 3.43. The summed E-state index contributed by atoms with van der Waals surface area (Å²) in [6.45, 7) is 3.92. The predicted octanol–water partition coefficient (Wildman–Crippen LogP) is 1.46. The van der Waals surface area contributed by atoms with Crippen LogP contribution in [0.1, 0.15) is 20.3 Å². The lowest BCUT2D eigenvalue weighted by Crippen LogP contribution is -2.40. The number of halogens is 1. The number of pyridine rings is 1. The fourth-order valence-corrected chi connectivity index (χ4v) is 2.00.